The largest absolute Gasteiger partial charge is 0.333 e. The van der Waals surface area contributed by atoms with Crippen LogP contribution in [0.5, 0.6) is 0 Å². The zero-order chi connectivity index (χ0) is 16.5. The first kappa shape index (κ1) is 14.9. The minimum Gasteiger partial charge on any atom is -0.333 e. The molecule has 0 bridgehead atoms. The Morgan fingerprint density at radius 1 is 1.17 bits per heavy atom. The smallest absolute Gasteiger partial charge is 0.240 e. The Balaban J connectivity index is 1.59. The van der Waals surface area contributed by atoms with Crippen LogP contribution >= 0.6 is 0 Å². The van der Waals surface area contributed by atoms with Crippen LogP contribution in [-0.4, -0.2) is 23.4 Å². The lowest BCUT2D eigenvalue weighted by molar-refractivity contribution is -0.133. The highest BCUT2D eigenvalue weighted by atomic mass is 16.2. The second-order valence-electron chi connectivity index (χ2n) is 6.48. The second kappa shape index (κ2) is 6.10. The van der Waals surface area contributed by atoms with Gasteiger partial charge in [0.25, 0.3) is 0 Å². The van der Waals surface area contributed by atoms with Crippen LogP contribution in [0.15, 0.2) is 42.5 Å². The van der Waals surface area contributed by atoms with Gasteiger partial charge in [-0.15, -0.1) is 0 Å². The minimum absolute atomic E-state index is 0.0157. The molecular formula is C20H19N3O. The van der Waals surface area contributed by atoms with Crippen molar-refractivity contribution in [3.8, 4) is 17.2 Å². The number of rotatable bonds is 2. The first-order valence-electron chi connectivity index (χ1n) is 8.40. The Labute approximate surface area is 141 Å². The molecule has 1 atom stereocenters. The van der Waals surface area contributed by atoms with Gasteiger partial charge in [0.15, 0.2) is 0 Å². The molecule has 1 fully saturated rings. The predicted octanol–water partition coefficient (Wildman–Crippen LogP) is 2.82. The number of benzene rings is 2. The third-order valence-corrected chi connectivity index (χ3v) is 4.96. The van der Waals surface area contributed by atoms with Gasteiger partial charge in [0.2, 0.25) is 5.91 Å². The summed E-state index contributed by atoms with van der Waals surface area (Å²) in [6.07, 6.45) is 2.01. The molecule has 0 aromatic heterocycles. The third kappa shape index (κ3) is 2.57. The molecular weight excluding hydrogens is 298 g/mol. The molecule has 0 spiro atoms. The lowest BCUT2D eigenvalue weighted by Crippen LogP contribution is -2.40. The number of carbonyl (C=O) groups is 1. The van der Waals surface area contributed by atoms with E-state index >= 15 is 0 Å². The monoisotopic (exact) mass is 317 g/mol. The van der Waals surface area contributed by atoms with Gasteiger partial charge in [-0.2, -0.15) is 5.26 Å². The Morgan fingerprint density at radius 2 is 2.00 bits per heavy atom. The topological polar surface area (TPSA) is 56.1 Å². The third-order valence-electron chi connectivity index (χ3n) is 4.96. The summed E-state index contributed by atoms with van der Waals surface area (Å²) in [6, 6.07) is 16.1. The number of amides is 1. The molecule has 2 aliphatic rings. The predicted molar refractivity (Wildman–Crippen MR) is 91.9 cm³/mol. The van der Waals surface area contributed by atoms with Gasteiger partial charge in [0, 0.05) is 13.1 Å². The van der Waals surface area contributed by atoms with E-state index in [1.807, 2.05) is 29.2 Å². The first-order valence-corrected chi connectivity index (χ1v) is 8.40. The van der Waals surface area contributed by atoms with Crippen molar-refractivity contribution in [1.29, 1.82) is 5.26 Å². The minimum atomic E-state index is -0.0157. The van der Waals surface area contributed by atoms with Crippen LogP contribution in [0.1, 0.15) is 29.5 Å². The molecule has 0 radical (unpaired) electrons. The van der Waals surface area contributed by atoms with Crippen molar-refractivity contribution in [1.82, 2.24) is 10.2 Å². The van der Waals surface area contributed by atoms with E-state index in [0.29, 0.717) is 18.7 Å². The van der Waals surface area contributed by atoms with Crippen LogP contribution in [0.25, 0.3) is 11.1 Å². The number of fused-ring (bicyclic) bond motifs is 1. The molecule has 24 heavy (non-hydrogen) atoms. The fourth-order valence-corrected chi connectivity index (χ4v) is 3.67. The summed E-state index contributed by atoms with van der Waals surface area (Å²) in [5.41, 5.74) is 5.06. The molecule has 1 N–H and O–H groups in total. The van der Waals surface area contributed by atoms with Gasteiger partial charge in [-0.25, -0.2) is 0 Å². The summed E-state index contributed by atoms with van der Waals surface area (Å²) in [5.74, 6) is 0.211. The van der Waals surface area contributed by atoms with Gasteiger partial charge in [0.05, 0.1) is 17.7 Å². The lowest BCUT2D eigenvalue weighted by atomic mass is 9.97. The Bertz CT molecular complexity index is 831. The SMILES string of the molecule is N#Cc1ccccc1-c1ccc2c(c1)CN(C(=O)[C@@H]1CCCN1)C2. The average Bonchev–Trinajstić information content (AvgIpc) is 3.30. The number of hydrogen-bond donors (Lipinski definition) is 1. The van der Waals surface area contributed by atoms with Crippen LogP contribution in [-0.2, 0) is 17.9 Å². The normalized spacial score (nSPS) is 19.1. The molecule has 4 nitrogen and oxygen atoms in total. The van der Waals surface area contributed by atoms with Crippen LogP contribution in [0.2, 0.25) is 0 Å². The van der Waals surface area contributed by atoms with Crippen LogP contribution in [0, 0.1) is 11.3 Å². The highest BCUT2D eigenvalue weighted by Gasteiger charge is 2.30. The van der Waals surface area contributed by atoms with Gasteiger partial charge < -0.3 is 10.2 Å². The standard InChI is InChI=1S/C20H19N3O/c21-11-15-4-1-2-5-18(15)14-7-8-16-12-23(13-17(16)10-14)20(24)19-6-3-9-22-19/h1-2,4-5,7-8,10,19,22H,3,6,9,12-13H2/t19-/m0/s1. The lowest BCUT2D eigenvalue weighted by Gasteiger charge is -2.19. The maximum atomic E-state index is 12.6. The molecule has 1 amide bonds. The van der Waals surface area contributed by atoms with Gasteiger partial charge in [-0.05, 0) is 53.8 Å². The quantitative estimate of drug-likeness (QED) is 0.926. The molecule has 120 valence electrons. The fourth-order valence-electron chi connectivity index (χ4n) is 3.67. The van der Waals surface area contributed by atoms with Gasteiger partial charge in [-0.3, -0.25) is 4.79 Å². The Kier molecular flexibility index (Phi) is 3.79. The number of nitrogens with zero attached hydrogens (tertiary/aromatic N) is 2. The molecule has 2 aromatic rings. The molecule has 4 rings (SSSR count). The number of carbonyl (C=O) groups excluding carboxylic acids is 1. The average molecular weight is 317 g/mol. The Hall–Kier alpha value is -2.64. The maximum Gasteiger partial charge on any atom is 0.240 e. The number of hydrogen-bond acceptors (Lipinski definition) is 3. The first-order chi connectivity index (χ1) is 11.8. The number of nitrogens with one attached hydrogen (secondary N) is 1. The summed E-state index contributed by atoms with van der Waals surface area (Å²) in [4.78, 5) is 14.5. The van der Waals surface area contributed by atoms with E-state index in [4.69, 9.17) is 0 Å². The molecule has 2 aromatic carbocycles. The number of nitriles is 1. The summed E-state index contributed by atoms with van der Waals surface area (Å²) in [6.45, 7) is 2.29. The zero-order valence-electron chi connectivity index (χ0n) is 13.5. The zero-order valence-corrected chi connectivity index (χ0v) is 13.5. The van der Waals surface area contributed by atoms with E-state index in [0.717, 1.165) is 30.5 Å². The van der Waals surface area contributed by atoms with Crippen molar-refractivity contribution in [3.63, 3.8) is 0 Å². The van der Waals surface area contributed by atoms with Crippen molar-refractivity contribution in [2.45, 2.75) is 32.0 Å². The van der Waals surface area contributed by atoms with Gasteiger partial charge >= 0.3 is 0 Å². The highest BCUT2D eigenvalue weighted by molar-refractivity contribution is 5.83. The summed E-state index contributed by atoms with van der Waals surface area (Å²) < 4.78 is 0. The Morgan fingerprint density at radius 3 is 2.79 bits per heavy atom. The summed E-state index contributed by atoms with van der Waals surface area (Å²) >= 11 is 0. The molecule has 0 unspecified atom stereocenters. The van der Waals surface area contributed by atoms with Crippen molar-refractivity contribution >= 4 is 5.91 Å². The maximum absolute atomic E-state index is 12.6. The van der Waals surface area contributed by atoms with Crippen molar-refractivity contribution in [3.05, 3.63) is 59.2 Å². The summed E-state index contributed by atoms with van der Waals surface area (Å²) in [7, 11) is 0. The summed E-state index contributed by atoms with van der Waals surface area (Å²) in [5, 5.41) is 12.6. The van der Waals surface area contributed by atoms with Gasteiger partial charge in [-0.1, -0.05) is 30.3 Å². The van der Waals surface area contributed by atoms with E-state index in [-0.39, 0.29) is 11.9 Å². The molecule has 4 heteroatoms. The molecule has 0 saturated carbocycles. The molecule has 0 aliphatic carbocycles. The second-order valence-corrected chi connectivity index (χ2v) is 6.48. The van der Waals surface area contributed by atoms with Crippen molar-refractivity contribution < 1.29 is 4.79 Å². The van der Waals surface area contributed by atoms with E-state index < -0.39 is 0 Å². The molecule has 2 aliphatic heterocycles. The van der Waals surface area contributed by atoms with Crippen LogP contribution < -0.4 is 5.32 Å². The molecule has 1 saturated heterocycles. The van der Waals surface area contributed by atoms with Crippen molar-refractivity contribution in [2.75, 3.05) is 6.54 Å². The highest BCUT2D eigenvalue weighted by Crippen LogP contribution is 2.30. The fraction of sp³-hybridized carbons (Fsp3) is 0.300. The van der Waals surface area contributed by atoms with E-state index in [2.05, 4.69) is 29.6 Å². The van der Waals surface area contributed by atoms with Crippen LogP contribution in [0.3, 0.4) is 0 Å². The van der Waals surface area contributed by atoms with E-state index in [1.54, 1.807) is 0 Å². The van der Waals surface area contributed by atoms with E-state index in [1.165, 1.54) is 11.1 Å². The van der Waals surface area contributed by atoms with Crippen molar-refractivity contribution in [2.24, 2.45) is 0 Å². The molecule has 2 heterocycles. The van der Waals surface area contributed by atoms with Gasteiger partial charge in [0.1, 0.15) is 0 Å². The van der Waals surface area contributed by atoms with E-state index in [9.17, 15) is 10.1 Å². The van der Waals surface area contributed by atoms with Crippen LogP contribution in [0.4, 0.5) is 0 Å².